The third kappa shape index (κ3) is 6.42. The second kappa shape index (κ2) is 11.1. The quantitative estimate of drug-likeness (QED) is 0.493. The molecule has 176 valence electrons. The van der Waals surface area contributed by atoms with Crippen molar-refractivity contribution in [1.29, 1.82) is 0 Å². The van der Waals surface area contributed by atoms with Gasteiger partial charge in [0.25, 0.3) is 0 Å². The highest BCUT2D eigenvalue weighted by Crippen LogP contribution is 2.35. The summed E-state index contributed by atoms with van der Waals surface area (Å²) in [6.07, 6.45) is 0. The van der Waals surface area contributed by atoms with Gasteiger partial charge in [0, 0.05) is 10.7 Å². The molecule has 0 fully saturated rings. The molecular formula is C25H29ClN2O5. The van der Waals surface area contributed by atoms with Gasteiger partial charge in [0.1, 0.15) is 6.61 Å². The molecule has 0 spiro atoms. The van der Waals surface area contributed by atoms with Crippen LogP contribution in [0, 0.1) is 5.92 Å². The van der Waals surface area contributed by atoms with Crippen molar-refractivity contribution in [1.82, 2.24) is 10.6 Å². The Hall–Kier alpha value is -3.19. The number of amides is 2. The van der Waals surface area contributed by atoms with E-state index < -0.39 is 12.0 Å². The van der Waals surface area contributed by atoms with Gasteiger partial charge in [-0.3, -0.25) is 0 Å². The van der Waals surface area contributed by atoms with Gasteiger partial charge in [-0.05, 0) is 55.2 Å². The average molecular weight is 473 g/mol. The second-order valence-electron chi connectivity index (χ2n) is 8.12. The lowest BCUT2D eigenvalue weighted by Crippen LogP contribution is -2.45. The molecule has 0 aliphatic carbocycles. The first kappa shape index (κ1) is 24.5. The Balaban J connectivity index is 1.87. The van der Waals surface area contributed by atoms with Crippen molar-refractivity contribution in [3.05, 3.63) is 69.9 Å². The van der Waals surface area contributed by atoms with Crippen LogP contribution in [0.2, 0.25) is 5.02 Å². The monoisotopic (exact) mass is 472 g/mol. The first-order valence-electron chi connectivity index (χ1n) is 10.9. The van der Waals surface area contributed by atoms with E-state index in [2.05, 4.69) is 10.6 Å². The zero-order chi connectivity index (χ0) is 24.0. The van der Waals surface area contributed by atoms with Gasteiger partial charge in [-0.15, -0.1) is 0 Å². The number of benzene rings is 2. The minimum absolute atomic E-state index is 0.195. The topological polar surface area (TPSA) is 85.9 Å². The fraction of sp³-hybridized carbons (Fsp3) is 0.360. The van der Waals surface area contributed by atoms with Gasteiger partial charge in [0.2, 0.25) is 0 Å². The smallest absolute Gasteiger partial charge is 0.338 e. The van der Waals surface area contributed by atoms with Crippen LogP contribution in [0.25, 0.3) is 0 Å². The first-order valence-corrected chi connectivity index (χ1v) is 11.3. The lowest BCUT2D eigenvalue weighted by molar-refractivity contribution is -0.140. The number of halogens is 1. The number of hydrogen-bond donors (Lipinski definition) is 2. The number of carbonyl (C=O) groups is 2. The summed E-state index contributed by atoms with van der Waals surface area (Å²) in [6.45, 7) is 8.54. The third-order valence-corrected chi connectivity index (χ3v) is 5.20. The van der Waals surface area contributed by atoms with E-state index in [0.29, 0.717) is 46.6 Å². The largest absolute Gasteiger partial charge is 0.490 e. The summed E-state index contributed by atoms with van der Waals surface area (Å²) in [4.78, 5) is 25.0. The van der Waals surface area contributed by atoms with Crippen LogP contribution in [0.3, 0.4) is 0 Å². The van der Waals surface area contributed by atoms with Gasteiger partial charge in [-0.1, -0.05) is 43.6 Å². The predicted octanol–water partition coefficient (Wildman–Crippen LogP) is 5.14. The summed E-state index contributed by atoms with van der Waals surface area (Å²) in [5, 5.41) is 6.13. The molecule has 2 amide bonds. The van der Waals surface area contributed by atoms with Gasteiger partial charge < -0.3 is 24.8 Å². The molecular weight excluding hydrogens is 444 g/mol. The van der Waals surface area contributed by atoms with Crippen LogP contribution in [0.5, 0.6) is 11.5 Å². The normalized spacial score (nSPS) is 15.7. The van der Waals surface area contributed by atoms with Crippen molar-refractivity contribution in [3.63, 3.8) is 0 Å². The van der Waals surface area contributed by atoms with E-state index in [-0.39, 0.29) is 18.6 Å². The van der Waals surface area contributed by atoms with Crippen LogP contribution in [-0.4, -0.2) is 25.2 Å². The molecule has 33 heavy (non-hydrogen) atoms. The molecule has 0 bridgehead atoms. The molecule has 3 rings (SSSR count). The maximum Gasteiger partial charge on any atom is 0.338 e. The Labute approximate surface area is 199 Å². The number of hydrogen-bond acceptors (Lipinski definition) is 5. The number of ether oxygens (including phenoxy) is 3. The minimum Gasteiger partial charge on any atom is -0.490 e. The van der Waals surface area contributed by atoms with Crippen molar-refractivity contribution >= 4 is 23.6 Å². The first-order chi connectivity index (χ1) is 15.8. The SMILES string of the molecule is CCOc1cc(C2NC(=O)NC(C)=C2C(=O)OCC(C)C)ccc1OCc1ccc(Cl)cc1. The predicted molar refractivity (Wildman–Crippen MR) is 126 cm³/mol. The molecule has 8 heteroatoms. The van der Waals surface area contributed by atoms with Crippen LogP contribution in [-0.2, 0) is 16.1 Å². The molecule has 1 aliphatic heterocycles. The van der Waals surface area contributed by atoms with Crippen molar-refractivity contribution in [2.75, 3.05) is 13.2 Å². The molecule has 2 aromatic carbocycles. The third-order valence-electron chi connectivity index (χ3n) is 4.95. The van der Waals surface area contributed by atoms with E-state index in [0.717, 1.165) is 5.56 Å². The Morgan fingerprint density at radius 1 is 1.09 bits per heavy atom. The van der Waals surface area contributed by atoms with Crippen LogP contribution in [0.4, 0.5) is 4.79 Å². The zero-order valence-electron chi connectivity index (χ0n) is 19.2. The second-order valence-corrected chi connectivity index (χ2v) is 8.55. The zero-order valence-corrected chi connectivity index (χ0v) is 20.0. The van der Waals surface area contributed by atoms with E-state index in [4.69, 9.17) is 25.8 Å². The van der Waals surface area contributed by atoms with Gasteiger partial charge >= 0.3 is 12.0 Å². The highest BCUT2D eigenvalue weighted by Gasteiger charge is 2.33. The molecule has 2 N–H and O–H groups in total. The van der Waals surface area contributed by atoms with E-state index in [1.165, 1.54) is 0 Å². The van der Waals surface area contributed by atoms with Gasteiger partial charge in [-0.2, -0.15) is 0 Å². The molecule has 1 aliphatic rings. The van der Waals surface area contributed by atoms with E-state index in [9.17, 15) is 9.59 Å². The van der Waals surface area contributed by atoms with Crippen molar-refractivity contribution in [2.24, 2.45) is 5.92 Å². The molecule has 1 heterocycles. The average Bonchev–Trinajstić information content (AvgIpc) is 2.77. The van der Waals surface area contributed by atoms with E-state index >= 15 is 0 Å². The number of rotatable bonds is 9. The Bertz CT molecular complexity index is 1030. The summed E-state index contributed by atoms with van der Waals surface area (Å²) in [7, 11) is 0. The maximum absolute atomic E-state index is 12.8. The molecule has 7 nitrogen and oxygen atoms in total. The van der Waals surface area contributed by atoms with Crippen LogP contribution >= 0.6 is 11.6 Å². The van der Waals surface area contributed by atoms with Crippen LogP contribution in [0.15, 0.2) is 53.7 Å². The van der Waals surface area contributed by atoms with Gasteiger partial charge in [0.05, 0.1) is 24.8 Å². The lowest BCUT2D eigenvalue weighted by atomic mass is 9.95. The summed E-state index contributed by atoms with van der Waals surface area (Å²) in [5.74, 6) is 0.797. The standard InChI is InChI=1S/C25H29ClN2O5/c1-5-31-21-12-18(8-11-20(21)32-14-17-6-9-19(26)10-7-17)23-22(16(4)27-25(30)28-23)24(29)33-13-15(2)3/h6-12,15,23H,5,13-14H2,1-4H3,(H2,27,28,30). The number of esters is 1. The fourth-order valence-corrected chi connectivity index (χ4v) is 3.49. The fourth-order valence-electron chi connectivity index (χ4n) is 3.37. The molecule has 0 saturated heterocycles. The highest BCUT2D eigenvalue weighted by molar-refractivity contribution is 6.30. The van der Waals surface area contributed by atoms with Gasteiger partial charge in [0.15, 0.2) is 11.5 Å². The summed E-state index contributed by atoms with van der Waals surface area (Å²) in [5.41, 5.74) is 2.46. The Kier molecular flexibility index (Phi) is 8.22. The number of allylic oxidation sites excluding steroid dienone is 1. The van der Waals surface area contributed by atoms with Crippen molar-refractivity contribution in [2.45, 2.75) is 40.3 Å². The molecule has 1 atom stereocenters. The van der Waals surface area contributed by atoms with E-state index in [1.54, 1.807) is 37.3 Å². The van der Waals surface area contributed by atoms with Crippen LogP contribution < -0.4 is 20.1 Å². The molecule has 2 aromatic rings. The summed E-state index contributed by atoms with van der Waals surface area (Å²) < 4.78 is 17.2. The molecule has 1 unspecified atom stereocenters. The Morgan fingerprint density at radius 2 is 1.82 bits per heavy atom. The minimum atomic E-state index is -0.678. The number of carbonyl (C=O) groups excluding carboxylic acids is 2. The molecule has 0 aromatic heterocycles. The van der Waals surface area contributed by atoms with Crippen molar-refractivity contribution < 1.29 is 23.8 Å². The van der Waals surface area contributed by atoms with Crippen molar-refractivity contribution in [3.8, 4) is 11.5 Å². The summed E-state index contributed by atoms with van der Waals surface area (Å²) in [6, 6.07) is 11.7. The lowest BCUT2D eigenvalue weighted by Gasteiger charge is -2.28. The Morgan fingerprint density at radius 3 is 2.48 bits per heavy atom. The molecule has 0 radical (unpaired) electrons. The van der Waals surface area contributed by atoms with Gasteiger partial charge in [-0.25, -0.2) is 9.59 Å². The summed E-state index contributed by atoms with van der Waals surface area (Å²) >= 11 is 5.94. The number of urea groups is 1. The molecule has 0 saturated carbocycles. The number of nitrogens with one attached hydrogen (secondary N) is 2. The maximum atomic E-state index is 12.8. The van der Waals surface area contributed by atoms with Crippen LogP contribution in [0.1, 0.15) is 44.9 Å². The highest BCUT2D eigenvalue weighted by atomic mass is 35.5. The van der Waals surface area contributed by atoms with E-state index in [1.807, 2.05) is 32.9 Å².